The number of primary amides is 1. The second-order valence-electron chi connectivity index (χ2n) is 7.36. The average molecular weight is 428 g/mol. The van der Waals surface area contributed by atoms with Gasteiger partial charge < -0.3 is 15.8 Å². The lowest BCUT2D eigenvalue weighted by molar-refractivity contribution is -0.115. The Hall–Kier alpha value is -2.13. The number of hydrogen-bond donors (Lipinski definition) is 3. The first-order valence-electron chi connectivity index (χ1n) is 9.88. The number of amides is 1. The quantitative estimate of drug-likeness (QED) is 0.312. The van der Waals surface area contributed by atoms with Gasteiger partial charge in [0.05, 0.1) is 12.4 Å². The van der Waals surface area contributed by atoms with E-state index >= 15 is 0 Å². The first-order chi connectivity index (χ1) is 13.8. The van der Waals surface area contributed by atoms with Crippen LogP contribution in [0.2, 0.25) is 0 Å². The molecule has 4 N–H and O–H groups in total. The normalized spacial score (nSPS) is 15.7. The Bertz CT molecular complexity index is 810. The van der Waals surface area contributed by atoms with Crippen LogP contribution in [-0.4, -0.2) is 33.2 Å². The molecule has 0 aromatic heterocycles. The molecule has 0 heterocycles. The number of nitrogens with two attached hydrogens (primary N) is 1. The van der Waals surface area contributed by atoms with E-state index in [0.717, 1.165) is 17.5 Å². The maximum Gasteiger partial charge on any atom is 0.278 e. The van der Waals surface area contributed by atoms with E-state index in [0.29, 0.717) is 38.3 Å². The highest BCUT2D eigenvalue weighted by Gasteiger charge is 2.22. The van der Waals surface area contributed by atoms with Gasteiger partial charge in [-0.05, 0) is 56.2 Å². The van der Waals surface area contributed by atoms with Crippen LogP contribution in [0.3, 0.4) is 0 Å². The number of ether oxygens (including phenoxy) is 1. The van der Waals surface area contributed by atoms with Crippen molar-refractivity contribution in [2.45, 2.75) is 45.1 Å². The van der Waals surface area contributed by atoms with Crippen LogP contribution in [0.1, 0.15) is 50.6 Å². The Kier molecular flexibility index (Phi) is 8.91. The molecule has 0 spiro atoms. The Morgan fingerprint density at radius 1 is 1.34 bits per heavy atom. The zero-order valence-corrected chi connectivity index (χ0v) is 17.5. The van der Waals surface area contributed by atoms with E-state index in [1.165, 1.54) is 12.8 Å². The van der Waals surface area contributed by atoms with Crippen LogP contribution in [0.15, 0.2) is 36.3 Å². The van der Waals surface area contributed by atoms with Gasteiger partial charge in [0.15, 0.2) is 0 Å². The van der Waals surface area contributed by atoms with E-state index in [2.05, 4.69) is 10.0 Å². The van der Waals surface area contributed by atoms with Crippen LogP contribution in [0.5, 0.6) is 5.75 Å². The minimum absolute atomic E-state index is 0.0146. The summed E-state index contributed by atoms with van der Waals surface area (Å²) in [6.07, 6.45) is 5.13. The minimum Gasteiger partial charge on any atom is -0.493 e. The van der Waals surface area contributed by atoms with Crippen LogP contribution < -0.4 is 20.5 Å². The molecule has 1 fully saturated rings. The van der Waals surface area contributed by atoms with Gasteiger partial charge in [0, 0.05) is 18.8 Å². The lowest BCUT2D eigenvalue weighted by Gasteiger charge is -2.16. The van der Waals surface area contributed by atoms with E-state index in [-0.39, 0.29) is 11.8 Å². The molecule has 1 amide bonds. The van der Waals surface area contributed by atoms with E-state index < -0.39 is 21.8 Å². The topological polar surface area (TPSA) is 111 Å². The van der Waals surface area contributed by atoms with Crippen molar-refractivity contribution in [3.8, 4) is 5.75 Å². The predicted molar refractivity (Wildman–Crippen MR) is 110 cm³/mol. The molecule has 162 valence electrons. The average Bonchev–Trinajstić information content (AvgIpc) is 3.49. The summed E-state index contributed by atoms with van der Waals surface area (Å²) in [6.45, 7) is 2.95. The molecule has 1 saturated carbocycles. The molecule has 29 heavy (non-hydrogen) atoms. The van der Waals surface area contributed by atoms with Gasteiger partial charge in [-0.25, -0.2) is 13.1 Å². The number of nitrogens with one attached hydrogen (secondary N) is 2. The molecule has 0 unspecified atom stereocenters. The third kappa shape index (κ3) is 9.27. The molecule has 1 aliphatic rings. The lowest BCUT2D eigenvalue weighted by Crippen LogP contribution is -2.29. The zero-order valence-electron chi connectivity index (χ0n) is 16.7. The van der Waals surface area contributed by atoms with Crippen molar-refractivity contribution in [1.82, 2.24) is 10.0 Å². The lowest BCUT2D eigenvalue weighted by atomic mass is 10.1. The summed E-state index contributed by atoms with van der Waals surface area (Å²) in [4.78, 5) is 10.5. The summed E-state index contributed by atoms with van der Waals surface area (Å²) in [7, 11) is -3.42. The van der Waals surface area contributed by atoms with Crippen molar-refractivity contribution < 1.29 is 22.3 Å². The van der Waals surface area contributed by atoms with Gasteiger partial charge in [-0.3, -0.25) is 4.79 Å². The van der Waals surface area contributed by atoms with Crippen LogP contribution in [0, 0.1) is 5.92 Å². The van der Waals surface area contributed by atoms with Crippen molar-refractivity contribution in [2.24, 2.45) is 11.7 Å². The van der Waals surface area contributed by atoms with Crippen molar-refractivity contribution >= 4 is 15.9 Å². The zero-order chi connectivity index (χ0) is 21.3. The molecular formula is C20H30FN3O4S. The fourth-order valence-corrected chi connectivity index (χ4v) is 4.07. The molecule has 0 bridgehead atoms. The number of benzene rings is 1. The number of carbonyl (C=O) groups is 1. The van der Waals surface area contributed by atoms with Gasteiger partial charge in [-0.1, -0.05) is 18.6 Å². The monoisotopic (exact) mass is 427 g/mol. The number of hydrogen-bond acceptors (Lipinski definition) is 5. The van der Waals surface area contributed by atoms with Crippen LogP contribution in [0.25, 0.3) is 0 Å². The first-order valence-corrected chi connectivity index (χ1v) is 11.5. The maximum atomic E-state index is 12.9. The highest BCUT2D eigenvalue weighted by Crippen LogP contribution is 2.30. The number of rotatable bonds is 14. The molecular weight excluding hydrogens is 397 g/mol. The van der Waals surface area contributed by atoms with Gasteiger partial charge >= 0.3 is 0 Å². The highest BCUT2D eigenvalue weighted by atomic mass is 32.2. The SMILES string of the molecule is C[C@@H](NS(=O)(=O)CCCCCN/C=C(/F)C(N)=O)c1cccc(OCC2CC2)c1. The Labute approximate surface area is 171 Å². The Morgan fingerprint density at radius 3 is 2.79 bits per heavy atom. The second-order valence-corrected chi connectivity index (χ2v) is 9.23. The first kappa shape index (κ1) is 23.2. The summed E-state index contributed by atoms with van der Waals surface area (Å²) in [6, 6.07) is 7.14. The van der Waals surface area contributed by atoms with Crippen molar-refractivity contribution in [1.29, 1.82) is 0 Å². The molecule has 0 aliphatic heterocycles. The maximum absolute atomic E-state index is 12.9. The molecule has 9 heteroatoms. The number of sulfonamides is 1. The second kappa shape index (κ2) is 11.2. The van der Waals surface area contributed by atoms with Gasteiger partial charge in [-0.2, -0.15) is 4.39 Å². The number of carbonyl (C=O) groups excluding carboxylic acids is 1. The van der Waals surface area contributed by atoms with E-state index in [9.17, 15) is 17.6 Å². The molecule has 1 aromatic rings. The summed E-state index contributed by atoms with van der Waals surface area (Å²) in [5.41, 5.74) is 5.62. The Morgan fingerprint density at radius 2 is 2.10 bits per heavy atom. The molecule has 0 saturated heterocycles. The Balaban J connectivity index is 1.69. The summed E-state index contributed by atoms with van der Waals surface area (Å²) >= 11 is 0. The minimum atomic E-state index is -3.42. The number of halogens is 1. The smallest absolute Gasteiger partial charge is 0.278 e. The third-order valence-electron chi connectivity index (χ3n) is 4.60. The standard InChI is InChI=1S/C20H30FN3O4S/c1-15(17-6-5-7-18(12-17)28-14-16-8-9-16)24-29(26,27)11-4-2-3-10-23-13-19(21)20(22)25/h5-7,12-13,15-16,23-24H,2-4,8-11,14H2,1H3,(H2,22,25)/b19-13+/t15-/m1/s1. The molecule has 7 nitrogen and oxygen atoms in total. The largest absolute Gasteiger partial charge is 0.493 e. The summed E-state index contributed by atoms with van der Waals surface area (Å²) < 4.78 is 45.9. The van der Waals surface area contributed by atoms with Gasteiger partial charge in [0.25, 0.3) is 5.91 Å². The van der Waals surface area contributed by atoms with E-state index in [4.69, 9.17) is 10.5 Å². The molecule has 0 radical (unpaired) electrons. The van der Waals surface area contributed by atoms with Crippen molar-refractivity contribution in [3.05, 3.63) is 41.9 Å². The fraction of sp³-hybridized carbons (Fsp3) is 0.550. The molecule has 1 aliphatic carbocycles. The fourth-order valence-electron chi connectivity index (χ4n) is 2.70. The predicted octanol–water partition coefficient (Wildman–Crippen LogP) is 2.51. The summed E-state index contributed by atoms with van der Waals surface area (Å²) in [5, 5.41) is 2.63. The number of unbranched alkanes of at least 4 members (excludes halogenated alkanes) is 2. The third-order valence-corrected chi connectivity index (χ3v) is 6.13. The van der Waals surface area contributed by atoms with Gasteiger partial charge in [-0.15, -0.1) is 0 Å². The van der Waals surface area contributed by atoms with Gasteiger partial charge in [0.2, 0.25) is 15.9 Å². The highest BCUT2D eigenvalue weighted by molar-refractivity contribution is 7.89. The molecule has 2 rings (SSSR count). The van der Waals surface area contributed by atoms with E-state index in [1.807, 2.05) is 24.3 Å². The van der Waals surface area contributed by atoms with Crippen LogP contribution >= 0.6 is 0 Å². The van der Waals surface area contributed by atoms with Crippen molar-refractivity contribution in [2.75, 3.05) is 18.9 Å². The van der Waals surface area contributed by atoms with Gasteiger partial charge in [0.1, 0.15) is 5.75 Å². The van der Waals surface area contributed by atoms with E-state index in [1.54, 1.807) is 6.92 Å². The van der Waals surface area contributed by atoms with Crippen molar-refractivity contribution in [3.63, 3.8) is 0 Å². The molecule has 1 aromatic carbocycles. The summed E-state index contributed by atoms with van der Waals surface area (Å²) in [5.74, 6) is -0.727. The van der Waals surface area contributed by atoms with Crippen LogP contribution in [-0.2, 0) is 14.8 Å². The van der Waals surface area contributed by atoms with Crippen LogP contribution in [0.4, 0.5) is 4.39 Å². The molecule has 1 atom stereocenters.